The molecule has 6 atom stereocenters. The highest BCUT2D eigenvalue weighted by Gasteiger charge is 2.46. The molecule has 12 heteroatoms. The first-order valence-corrected chi connectivity index (χ1v) is 16.7. The molecule has 1 heterocycles. The fourth-order valence-electron chi connectivity index (χ4n) is 7.93. The molecule has 1 saturated heterocycles. The molecule has 3 saturated carbocycles. The summed E-state index contributed by atoms with van der Waals surface area (Å²) in [6, 6.07) is -0.441. The van der Waals surface area contributed by atoms with Crippen molar-refractivity contribution in [2.75, 3.05) is 26.8 Å². The van der Waals surface area contributed by atoms with Crippen molar-refractivity contribution in [3.8, 4) is 0 Å². The van der Waals surface area contributed by atoms with Gasteiger partial charge in [-0.2, -0.15) is 0 Å². The van der Waals surface area contributed by atoms with Crippen LogP contribution in [-0.4, -0.2) is 102 Å². The third-order valence-electron chi connectivity index (χ3n) is 10.3. The molecule has 0 aromatic heterocycles. The van der Waals surface area contributed by atoms with Crippen molar-refractivity contribution in [2.45, 2.75) is 128 Å². The Balaban J connectivity index is 1.27. The summed E-state index contributed by atoms with van der Waals surface area (Å²) in [4.78, 5) is 67.0. The number of aliphatic carboxylic acids is 1. The fourth-order valence-corrected chi connectivity index (χ4v) is 7.93. The Morgan fingerprint density at radius 3 is 2.34 bits per heavy atom. The molecule has 0 aromatic rings. The van der Waals surface area contributed by atoms with Gasteiger partial charge < -0.3 is 35.6 Å². The van der Waals surface area contributed by atoms with Gasteiger partial charge in [0.05, 0.1) is 31.5 Å². The lowest BCUT2D eigenvalue weighted by molar-refractivity contribution is -0.141. The Labute approximate surface area is 261 Å². The summed E-state index contributed by atoms with van der Waals surface area (Å²) in [5, 5.41) is 18.7. The van der Waals surface area contributed by atoms with Crippen LogP contribution in [0, 0.1) is 17.8 Å². The van der Waals surface area contributed by atoms with Crippen molar-refractivity contribution in [1.29, 1.82) is 0 Å². The number of carbonyl (C=O) groups is 5. The van der Waals surface area contributed by atoms with Crippen LogP contribution in [0.1, 0.15) is 97.3 Å². The Bertz CT molecular complexity index is 1030. The first-order valence-electron chi connectivity index (χ1n) is 16.7. The second-order valence-electron chi connectivity index (χ2n) is 13.7. The van der Waals surface area contributed by atoms with E-state index >= 15 is 0 Å². The molecule has 0 spiro atoms. The Morgan fingerprint density at radius 2 is 1.66 bits per heavy atom. The highest BCUT2D eigenvalue weighted by molar-refractivity contribution is 5.90. The standard InChI is InChI=1S/C32H53N5O7/c1-20-6-4-5-7-26(20)35-32(43)34-23-10-8-22(9-11-23)16-28(38)33-24-12-13-27-25(17-24)31(42)36(15-14-30(40)41)18-29(39)37(27)21(2)19-44-3/h20-27H,4-19H2,1-3H3,(H,33,38)(H,40,41)(H2,34,35,43). The van der Waals surface area contributed by atoms with Crippen LogP contribution in [0.25, 0.3) is 0 Å². The van der Waals surface area contributed by atoms with Crippen LogP contribution in [0.3, 0.4) is 0 Å². The maximum atomic E-state index is 13.6. The molecule has 4 aliphatic rings. The van der Waals surface area contributed by atoms with Gasteiger partial charge in [0.2, 0.25) is 17.7 Å². The van der Waals surface area contributed by atoms with Crippen LogP contribution in [0.15, 0.2) is 0 Å². The average molecular weight is 620 g/mol. The molecule has 6 unspecified atom stereocenters. The molecule has 4 N–H and O–H groups in total. The first kappa shape index (κ1) is 34.0. The van der Waals surface area contributed by atoms with Gasteiger partial charge in [-0.15, -0.1) is 0 Å². The molecular formula is C32H53N5O7. The number of urea groups is 1. The van der Waals surface area contributed by atoms with E-state index < -0.39 is 11.9 Å². The van der Waals surface area contributed by atoms with Gasteiger partial charge in [-0.05, 0) is 76.5 Å². The van der Waals surface area contributed by atoms with Crippen LogP contribution < -0.4 is 16.0 Å². The molecule has 44 heavy (non-hydrogen) atoms. The summed E-state index contributed by atoms with van der Waals surface area (Å²) >= 11 is 0. The molecule has 1 aliphatic heterocycles. The highest BCUT2D eigenvalue weighted by Crippen LogP contribution is 2.35. The van der Waals surface area contributed by atoms with Gasteiger partial charge in [0.25, 0.3) is 0 Å². The maximum Gasteiger partial charge on any atom is 0.315 e. The van der Waals surface area contributed by atoms with E-state index in [1.54, 1.807) is 12.0 Å². The van der Waals surface area contributed by atoms with Gasteiger partial charge >= 0.3 is 12.0 Å². The smallest absolute Gasteiger partial charge is 0.315 e. The topological polar surface area (TPSA) is 157 Å². The number of carbonyl (C=O) groups excluding carboxylic acids is 4. The summed E-state index contributed by atoms with van der Waals surface area (Å²) in [5.74, 6) is -1.23. The van der Waals surface area contributed by atoms with Gasteiger partial charge in [-0.3, -0.25) is 19.2 Å². The molecule has 0 bridgehead atoms. The lowest BCUT2D eigenvalue weighted by Gasteiger charge is -2.42. The fraction of sp³-hybridized carbons (Fsp3) is 0.844. The number of ether oxygens (including phenoxy) is 1. The number of rotatable bonds is 11. The second kappa shape index (κ2) is 15.9. The van der Waals surface area contributed by atoms with Gasteiger partial charge in [0.1, 0.15) is 0 Å². The number of hydrogen-bond acceptors (Lipinski definition) is 6. The van der Waals surface area contributed by atoms with Crippen LogP contribution in [0.2, 0.25) is 0 Å². The van der Waals surface area contributed by atoms with Gasteiger partial charge in [0.15, 0.2) is 0 Å². The van der Waals surface area contributed by atoms with Crippen molar-refractivity contribution < 1.29 is 33.8 Å². The maximum absolute atomic E-state index is 13.6. The average Bonchev–Trinajstić information content (AvgIpc) is 3.07. The Kier molecular flexibility index (Phi) is 12.3. The van der Waals surface area contributed by atoms with E-state index in [1.807, 2.05) is 6.92 Å². The zero-order valence-electron chi connectivity index (χ0n) is 26.7. The zero-order chi connectivity index (χ0) is 31.8. The number of carboxylic acids is 1. The Morgan fingerprint density at radius 1 is 0.955 bits per heavy atom. The molecule has 0 radical (unpaired) electrons. The number of nitrogens with one attached hydrogen (secondary N) is 3. The third kappa shape index (κ3) is 9.08. The molecular weight excluding hydrogens is 566 g/mol. The minimum atomic E-state index is -1.02. The highest BCUT2D eigenvalue weighted by atomic mass is 16.5. The van der Waals surface area contributed by atoms with E-state index in [1.165, 1.54) is 11.3 Å². The van der Waals surface area contributed by atoms with Crippen molar-refractivity contribution in [3.05, 3.63) is 0 Å². The van der Waals surface area contributed by atoms with E-state index in [0.717, 1.165) is 44.9 Å². The second-order valence-corrected chi connectivity index (χ2v) is 13.7. The van der Waals surface area contributed by atoms with Crippen LogP contribution >= 0.6 is 0 Å². The van der Waals surface area contributed by atoms with Crippen molar-refractivity contribution in [3.63, 3.8) is 0 Å². The summed E-state index contributed by atoms with van der Waals surface area (Å²) in [5.41, 5.74) is 0. The predicted octanol–water partition coefficient (Wildman–Crippen LogP) is 2.65. The van der Waals surface area contributed by atoms with E-state index in [0.29, 0.717) is 38.2 Å². The summed E-state index contributed by atoms with van der Waals surface area (Å²) in [7, 11) is 1.57. The minimum absolute atomic E-state index is 0.0223. The largest absolute Gasteiger partial charge is 0.481 e. The van der Waals surface area contributed by atoms with Crippen molar-refractivity contribution in [1.82, 2.24) is 25.8 Å². The number of amides is 5. The quantitative estimate of drug-likeness (QED) is 0.277. The molecule has 0 aromatic carbocycles. The lowest BCUT2D eigenvalue weighted by atomic mass is 9.79. The van der Waals surface area contributed by atoms with E-state index in [4.69, 9.17) is 4.74 Å². The number of methoxy groups -OCH3 is 1. The summed E-state index contributed by atoms with van der Waals surface area (Å²) in [6.45, 7) is 4.27. The van der Waals surface area contributed by atoms with Crippen LogP contribution in [0.4, 0.5) is 4.79 Å². The predicted molar refractivity (Wildman–Crippen MR) is 164 cm³/mol. The molecule has 4 rings (SSSR count). The molecule has 3 aliphatic carbocycles. The molecule has 4 fully saturated rings. The van der Waals surface area contributed by atoms with Gasteiger partial charge in [-0.1, -0.05) is 19.8 Å². The zero-order valence-corrected chi connectivity index (χ0v) is 26.7. The number of carboxylic acid groups (broad SMARTS) is 1. The summed E-state index contributed by atoms with van der Waals surface area (Å²) in [6.07, 6.45) is 9.88. The lowest BCUT2D eigenvalue weighted by Crippen LogP contribution is -2.55. The molecule has 5 amide bonds. The SMILES string of the molecule is COCC(C)N1C(=O)CN(CCC(=O)O)C(=O)C2CC(NC(=O)CC3CCC(NC(=O)NC4CCCCC4C)CC3)CCC21. The Hall–Kier alpha value is -2.89. The van der Waals surface area contributed by atoms with Gasteiger partial charge in [0, 0.05) is 44.2 Å². The number of fused-ring (bicyclic) bond motifs is 1. The number of nitrogens with zero attached hydrogens (tertiary/aromatic N) is 2. The first-order chi connectivity index (χ1) is 21.0. The van der Waals surface area contributed by atoms with Crippen molar-refractivity contribution in [2.24, 2.45) is 17.8 Å². The number of hydrogen-bond donors (Lipinski definition) is 4. The van der Waals surface area contributed by atoms with Crippen LogP contribution in [-0.2, 0) is 23.9 Å². The molecule has 12 nitrogen and oxygen atoms in total. The van der Waals surface area contributed by atoms with Crippen molar-refractivity contribution >= 4 is 29.7 Å². The van der Waals surface area contributed by atoms with E-state index in [2.05, 4.69) is 22.9 Å². The minimum Gasteiger partial charge on any atom is -0.481 e. The monoisotopic (exact) mass is 619 g/mol. The molecule has 248 valence electrons. The summed E-state index contributed by atoms with van der Waals surface area (Å²) < 4.78 is 5.31. The van der Waals surface area contributed by atoms with Crippen LogP contribution in [0.5, 0.6) is 0 Å². The van der Waals surface area contributed by atoms with E-state index in [-0.39, 0.29) is 79.4 Å². The third-order valence-corrected chi connectivity index (χ3v) is 10.3. The normalized spacial score (nSPS) is 31.8. The van der Waals surface area contributed by atoms with Gasteiger partial charge in [-0.25, -0.2) is 4.79 Å². The van der Waals surface area contributed by atoms with E-state index in [9.17, 15) is 29.1 Å².